The fraction of sp³-hybridized carbons (Fsp3) is 0.467. The first-order valence-corrected chi connectivity index (χ1v) is 6.82. The van der Waals surface area contributed by atoms with Crippen molar-refractivity contribution >= 4 is 12.0 Å². The van der Waals surface area contributed by atoms with Crippen LogP contribution in [0.1, 0.15) is 43.4 Å². The molecule has 1 atom stereocenters. The van der Waals surface area contributed by atoms with Gasteiger partial charge in [0.25, 0.3) is 0 Å². The number of urea groups is 1. The number of carbonyl (C=O) groups is 2. The van der Waals surface area contributed by atoms with Crippen molar-refractivity contribution in [1.29, 1.82) is 0 Å². The van der Waals surface area contributed by atoms with Gasteiger partial charge in [0.15, 0.2) is 0 Å². The Morgan fingerprint density at radius 3 is 2.45 bits per heavy atom. The highest BCUT2D eigenvalue weighted by atomic mass is 16.4. The molecule has 1 rings (SSSR count). The highest BCUT2D eigenvalue weighted by molar-refractivity contribution is 5.74. The van der Waals surface area contributed by atoms with Gasteiger partial charge in [-0.3, -0.25) is 4.79 Å². The van der Waals surface area contributed by atoms with Gasteiger partial charge in [-0.2, -0.15) is 0 Å². The third kappa shape index (κ3) is 6.22. The number of unbranched alkanes of at least 4 members (excludes halogenated alkanes) is 1. The summed E-state index contributed by atoms with van der Waals surface area (Å²) in [5.74, 6) is -0.803. The van der Waals surface area contributed by atoms with Crippen LogP contribution < -0.4 is 10.6 Å². The van der Waals surface area contributed by atoms with E-state index in [1.165, 1.54) is 5.56 Å². The molecule has 5 nitrogen and oxygen atoms in total. The van der Waals surface area contributed by atoms with E-state index in [0.717, 1.165) is 5.56 Å². The second-order valence-electron chi connectivity index (χ2n) is 4.88. The molecule has 1 unspecified atom stereocenters. The molecule has 0 aliphatic carbocycles. The SMILES string of the molecule is Cc1ccc(C(C)NC(=O)NCCCCC(=O)O)cc1. The van der Waals surface area contributed by atoms with Crippen molar-refractivity contribution in [2.45, 2.75) is 39.2 Å². The number of hydrogen-bond acceptors (Lipinski definition) is 2. The van der Waals surface area contributed by atoms with Crippen molar-refractivity contribution in [3.05, 3.63) is 35.4 Å². The lowest BCUT2D eigenvalue weighted by atomic mass is 10.1. The lowest BCUT2D eigenvalue weighted by Crippen LogP contribution is -2.37. The number of nitrogens with one attached hydrogen (secondary N) is 2. The van der Waals surface area contributed by atoms with E-state index in [4.69, 9.17) is 5.11 Å². The zero-order valence-electron chi connectivity index (χ0n) is 12.0. The molecule has 5 heteroatoms. The standard InChI is InChI=1S/C15H22N2O3/c1-11-6-8-13(9-7-11)12(2)17-15(20)16-10-4-3-5-14(18)19/h6-9,12H,3-5,10H2,1-2H3,(H,18,19)(H2,16,17,20). The fourth-order valence-electron chi connectivity index (χ4n) is 1.79. The Balaban J connectivity index is 2.24. The van der Waals surface area contributed by atoms with Gasteiger partial charge < -0.3 is 15.7 Å². The third-order valence-electron chi connectivity index (χ3n) is 3.03. The number of aliphatic carboxylic acids is 1. The molecule has 0 saturated heterocycles. The molecule has 0 aliphatic rings. The first-order valence-electron chi connectivity index (χ1n) is 6.82. The van der Waals surface area contributed by atoms with Crippen molar-refractivity contribution in [1.82, 2.24) is 10.6 Å². The van der Waals surface area contributed by atoms with E-state index in [2.05, 4.69) is 10.6 Å². The summed E-state index contributed by atoms with van der Waals surface area (Å²) in [6.07, 6.45) is 1.38. The van der Waals surface area contributed by atoms with Crippen LogP contribution in [-0.4, -0.2) is 23.7 Å². The van der Waals surface area contributed by atoms with Crippen LogP contribution in [-0.2, 0) is 4.79 Å². The first kappa shape index (κ1) is 16.0. The van der Waals surface area contributed by atoms with Crippen LogP contribution in [0.4, 0.5) is 4.79 Å². The summed E-state index contributed by atoms with van der Waals surface area (Å²) in [4.78, 5) is 22.0. The number of benzene rings is 1. The molecule has 0 fully saturated rings. The van der Waals surface area contributed by atoms with Gasteiger partial charge in [0.05, 0.1) is 6.04 Å². The van der Waals surface area contributed by atoms with Crippen LogP contribution in [0.5, 0.6) is 0 Å². The molecule has 0 aromatic heterocycles. The van der Waals surface area contributed by atoms with Gasteiger partial charge in [0, 0.05) is 13.0 Å². The Kier molecular flexibility index (Phi) is 6.56. The van der Waals surface area contributed by atoms with E-state index in [9.17, 15) is 9.59 Å². The molecule has 0 spiro atoms. The quantitative estimate of drug-likeness (QED) is 0.671. The highest BCUT2D eigenvalue weighted by Crippen LogP contribution is 2.12. The fourth-order valence-corrected chi connectivity index (χ4v) is 1.79. The van der Waals surface area contributed by atoms with E-state index in [1.54, 1.807) is 0 Å². The van der Waals surface area contributed by atoms with E-state index in [1.807, 2.05) is 38.1 Å². The van der Waals surface area contributed by atoms with Gasteiger partial charge in [0.2, 0.25) is 0 Å². The normalized spacial score (nSPS) is 11.7. The topological polar surface area (TPSA) is 78.4 Å². The number of carboxylic acid groups (broad SMARTS) is 1. The lowest BCUT2D eigenvalue weighted by molar-refractivity contribution is -0.137. The van der Waals surface area contributed by atoms with Gasteiger partial charge in [-0.05, 0) is 32.3 Å². The molecule has 20 heavy (non-hydrogen) atoms. The molecule has 1 aromatic rings. The second kappa shape index (κ2) is 8.19. The Morgan fingerprint density at radius 1 is 1.20 bits per heavy atom. The Hall–Kier alpha value is -2.04. The van der Waals surface area contributed by atoms with Gasteiger partial charge in [-0.15, -0.1) is 0 Å². The van der Waals surface area contributed by atoms with E-state index in [0.29, 0.717) is 19.4 Å². The van der Waals surface area contributed by atoms with Gasteiger partial charge in [0.1, 0.15) is 0 Å². The Morgan fingerprint density at radius 2 is 1.85 bits per heavy atom. The smallest absolute Gasteiger partial charge is 0.315 e. The number of aryl methyl sites for hydroxylation is 1. The summed E-state index contributed by atoms with van der Waals surface area (Å²) in [7, 11) is 0. The summed E-state index contributed by atoms with van der Waals surface area (Å²) >= 11 is 0. The molecular weight excluding hydrogens is 256 g/mol. The second-order valence-corrected chi connectivity index (χ2v) is 4.88. The van der Waals surface area contributed by atoms with Crippen molar-refractivity contribution in [3.63, 3.8) is 0 Å². The van der Waals surface area contributed by atoms with Crippen LogP contribution in [0.25, 0.3) is 0 Å². The van der Waals surface area contributed by atoms with Crippen LogP contribution in [0.3, 0.4) is 0 Å². The van der Waals surface area contributed by atoms with Crippen LogP contribution in [0.2, 0.25) is 0 Å². The molecule has 0 heterocycles. The molecule has 110 valence electrons. The first-order chi connectivity index (χ1) is 9.49. The Labute approximate surface area is 119 Å². The summed E-state index contributed by atoms with van der Waals surface area (Å²) in [6.45, 7) is 4.43. The van der Waals surface area contributed by atoms with Crippen molar-refractivity contribution in [3.8, 4) is 0 Å². The van der Waals surface area contributed by atoms with Gasteiger partial charge >= 0.3 is 12.0 Å². The number of hydrogen-bond donors (Lipinski definition) is 3. The molecule has 0 saturated carbocycles. The number of amides is 2. The Bertz CT molecular complexity index is 443. The average Bonchev–Trinajstić information content (AvgIpc) is 2.38. The number of carbonyl (C=O) groups excluding carboxylic acids is 1. The van der Waals surface area contributed by atoms with Crippen LogP contribution >= 0.6 is 0 Å². The molecular formula is C15H22N2O3. The molecule has 2 amide bonds. The van der Waals surface area contributed by atoms with E-state index in [-0.39, 0.29) is 18.5 Å². The van der Waals surface area contributed by atoms with Crippen LogP contribution in [0.15, 0.2) is 24.3 Å². The maximum atomic E-state index is 11.7. The molecule has 3 N–H and O–H groups in total. The number of carboxylic acids is 1. The lowest BCUT2D eigenvalue weighted by Gasteiger charge is -2.15. The summed E-state index contributed by atoms with van der Waals surface area (Å²) in [5.41, 5.74) is 2.24. The minimum absolute atomic E-state index is 0.0605. The van der Waals surface area contributed by atoms with Gasteiger partial charge in [-0.1, -0.05) is 29.8 Å². The predicted octanol–water partition coefficient (Wildman–Crippen LogP) is 2.61. The molecule has 0 bridgehead atoms. The largest absolute Gasteiger partial charge is 0.481 e. The summed E-state index contributed by atoms with van der Waals surface area (Å²) in [6, 6.07) is 7.72. The minimum Gasteiger partial charge on any atom is -0.481 e. The van der Waals surface area contributed by atoms with Crippen molar-refractivity contribution < 1.29 is 14.7 Å². The molecule has 1 aromatic carbocycles. The van der Waals surface area contributed by atoms with Crippen molar-refractivity contribution in [2.24, 2.45) is 0 Å². The van der Waals surface area contributed by atoms with Crippen molar-refractivity contribution in [2.75, 3.05) is 6.54 Å². The third-order valence-corrected chi connectivity index (χ3v) is 3.03. The van der Waals surface area contributed by atoms with Gasteiger partial charge in [-0.25, -0.2) is 4.79 Å². The predicted molar refractivity (Wildman–Crippen MR) is 77.6 cm³/mol. The number of rotatable bonds is 7. The van der Waals surface area contributed by atoms with E-state index >= 15 is 0 Å². The summed E-state index contributed by atoms with van der Waals surface area (Å²) in [5, 5.41) is 14.1. The zero-order chi connectivity index (χ0) is 15.0. The highest BCUT2D eigenvalue weighted by Gasteiger charge is 2.08. The van der Waals surface area contributed by atoms with Crippen LogP contribution in [0, 0.1) is 6.92 Å². The molecule has 0 radical (unpaired) electrons. The molecule has 0 aliphatic heterocycles. The van der Waals surface area contributed by atoms with E-state index < -0.39 is 5.97 Å². The minimum atomic E-state index is -0.803. The summed E-state index contributed by atoms with van der Waals surface area (Å²) < 4.78 is 0. The maximum Gasteiger partial charge on any atom is 0.315 e. The average molecular weight is 278 g/mol. The maximum absolute atomic E-state index is 11.7. The monoisotopic (exact) mass is 278 g/mol. The zero-order valence-corrected chi connectivity index (χ0v) is 12.0.